The molecule has 0 fully saturated rings. The smallest absolute Gasteiger partial charge is 0.263 e. The van der Waals surface area contributed by atoms with Crippen LogP contribution in [0.2, 0.25) is 0 Å². The number of hydrogen-bond acceptors (Lipinski definition) is 5. The zero-order chi connectivity index (χ0) is 21.1. The van der Waals surface area contributed by atoms with E-state index in [4.69, 9.17) is 4.74 Å². The van der Waals surface area contributed by atoms with Crippen molar-refractivity contribution < 1.29 is 9.53 Å². The first-order chi connectivity index (χ1) is 13.8. The highest BCUT2D eigenvalue weighted by Gasteiger charge is 2.19. The minimum atomic E-state index is -0.442. The maximum absolute atomic E-state index is 13.0. The van der Waals surface area contributed by atoms with Crippen molar-refractivity contribution in [2.75, 3.05) is 33.1 Å². The Balaban J connectivity index is 1.92. The van der Waals surface area contributed by atoms with Gasteiger partial charge in [0.2, 0.25) is 0 Å². The minimum absolute atomic E-state index is 0.0561. The van der Waals surface area contributed by atoms with E-state index in [0.717, 1.165) is 10.9 Å². The van der Waals surface area contributed by atoms with Crippen molar-refractivity contribution in [3.05, 3.63) is 64.2 Å². The van der Waals surface area contributed by atoms with Gasteiger partial charge < -0.3 is 19.5 Å². The van der Waals surface area contributed by atoms with Gasteiger partial charge in [0, 0.05) is 24.2 Å². The molecule has 7 nitrogen and oxygen atoms in total. The average Bonchev–Trinajstić information content (AvgIpc) is 2.66. The summed E-state index contributed by atoms with van der Waals surface area (Å²) in [5, 5.41) is 3.65. The van der Waals surface area contributed by atoms with Gasteiger partial charge in [-0.3, -0.25) is 14.6 Å². The number of rotatable bonds is 6. The topological polar surface area (TPSA) is 76.5 Å². The molecule has 0 spiro atoms. The molecule has 1 atom stereocenters. The van der Waals surface area contributed by atoms with E-state index in [1.807, 2.05) is 50.2 Å². The number of carbonyl (C=O) groups excluding carboxylic acids is 1. The summed E-state index contributed by atoms with van der Waals surface area (Å²) in [6, 6.07) is 9.09. The van der Waals surface area contributed by atoms with Crippen molar-refractivity contribution in [2.24, 2.45) is 0 Å². The number of anilines is 1. The van der Waals surface area contributed by atoms with Crippen molar-refractivity contribution >= 4 is 22.5 Å². The number of carbonyl (C=O) groups is 1. The third-order valence-electron chi connectivity index (χ3n) is 4.81. The summed E-state index contributed by atoms with van der Waals surface area (Å²) in [6.07, 6.45) is 3.32. The third-order valence-corrected chi connectivity index (χ3v) is 4.81. The van der Waals surface area contributed by atoms with E-state index in [-0.39, 0.29) is 17.2 Å². The van der Waals surface area contributed by atoms with Gasteiger partial charge in [-0.2, -0.15) is 0 Å². The number of amides is 1. The minimum Gasteiger partial charge on any atom is -0.497 e. The van der Waals surface area contributed by atoms with Crippen molar-refractivity contribution in [3.8, 4) is 5.75 Å². The summed E-state index contributed by atoms with van der Waals surface area (Å²) in [7, 11) is 5.50. The zero-order valence-corrected chi connectivity index (χ0v) is 17.4. The Morgan fingerprint density at radius 3 is 2.72 bits per heavy atom. The summed E-state index contributed by atoms with van der Waals surface area (Å²) in [5.74, 6) is 0.266. The van der Waals surface area contributed by atoms with Crippen LogP contribution in [-0.4, -0.2) is 48.1 Å². The van der Waals surface area contributed by atoms with Crippen LogP contribution in [0.25, 0.3) is 10.9 Å². The van der Waals surface area contributed by atoms with E-state index in [2.05, 4.69) is 10.3 Å². The number of aromatic nitrogens is 2. The number of hydrogen-bond donors (Lipinski definition) is 1. The number of aryl methyl sites for hydroxylation is 1. The van der Waals surface area contributed by atoms with Crippen LogP contribution in [0.1, 0.15) is 28.9 Å². The lowest BCUT2D eigenvalue weighted by Gasteiger charge is -2.20. The molecule has 152 valence electrons. The summed E-state index contributed by atoms with van der Waals surface area (Å²) < 4.78 is 6.85. The number of nitrogens with zero attached hydrogens (tertiary/aromatic N) is 3. The molecular weight excluding hydrogens is 368 g/mol. The lowest BCUT2D eigenvalue weighted by molar-refractivity contribution is 0.102. The molecule has 1 unspecified atom stereocenters. The zero-order valence-electron chi connectivity index (χ0n) is 17.4. The first-order valence-corrected chi connectivity index (χ1v) is 9.41. The molecule has 0 aliphatic carbocycles. The predicted octanol–water partition coefficient (Wildman–Crippen LogP) is 3.09. The Hall–Kier alpha value is -3.19. The summed E-state index contributed by atoms with van der Waals surface area (Å²) in [6.45, 7) is 4.42. The maximum Gasteiger partial charge on any atom is 0.263 e. The molecule has 7 heteroatoms. The third kappa shape index (κ3) is 4.46. The standard InChI is InChI=1S/C22H26N4O3/c1-14-8-9-26(15(2)13-25(3)4)22(28)20(14)21(27)24-17-10-16-11-18(29-5)6-7-19(16)23-12-17/h6-12,15H,13H2,1-5H3,(H,24,27). The average molecular weight is 394 g/mol. The highest BCUT2D eigenvalue weighted by atomic mass is 16.5. The molecule has 0 bridgehead atoms. The molecule has 3 rings (SSSR count). The molecule has 0 saturated heterocycles. The largest absolute Gasteiger partial charge is 0.497 e. The maximum atomic E-state index is 13.0. The van der Waals surface area contributed by atoms with Crippen LogP contribution in [0, 0.1) is 6.92 Å². The summed E-state index contributed by atoms with van der Waals surface area (Å²) in [5.41, 5.74) is 1.79. The second-order valence-electron chi connectivity index (χ2n) is 7.43. The molecule has 0 saturated carbocycles. The molecule has 1 N–H and O–H groups in total. The number of pyridine rings is 2. The second kappa shape index (κ2) is 8.45. The molecule has 2 heterocycles. The summed E-state index contributed by atoms with van der Waals surface area (Å²) >= 11 is 0. The Kier molecular flexibility index (Phi) is 5.98. The first kappa shape index (κ1) is 20.5. The lowest BCUT2D eigenvalue weighted by atomic mass is 10.1. The number of methoxy groups -OCH3 is 1. The van der Waals surface area contributed by atoms with Gasteiger partial charge in [-0.1, -0.05) is 0 Å². The normalized spacial score (nSPS) is 12.2. The van der Waals surface area contributed by atoms with Crippen molar-refractivity contribution in [3.63, 3.8) is 0 Å². The fourth-order valence-corrected chi connectivity index (χ4v) is 3.38. The quantitative estimate of drug-likeness (QED) is 0.695. The molecule has 29 heavy (non-hydrogen) atoms. The molecule has 0 aliphatic heterocycles. The molecule has 2 aromatic heterocycles. The van der Waals surface area contributed by atoms with Crippen molar-refractivity contribution in [1.82, 2.24) is 14.5 Å². The number of benzene rings is 1. The lowest BCUT2D eigenvalue weighted by Crippen LogP contribution is -2.34. The Morgan fingerprint density at radius 1 is 1.28 bits per heavy atom. The van der Waals surface area contributed by atoms with E-state index >= 15 is 0 Å². The van der Waals surface area contributed by atoms with E-state index in [1.54, 1.807) is 37.1 Å². The van der Waals surface area contributed by atoms with E-state index < -0.39 is 5.91 Å². The van der Waals surface area contributed by atoms with Gasteiger partial charge in [-0.05, 0) is 63.8 Å². The van der Waals surface area contributed by atoms with Crippen LogP contribution in [-0.2, 0) is 0 Å². The van der Waals surface area contributed by atoms with Gasteiger partial charge in [-0.25, -0.2) is 0 Å². The Labute approximate surface area is 169 Å². The highest BCUT2D eigenvalue weighted by molar-refractivity contribution is 6.05. The number of nitrogens with one attached hydrogen (secondary N) is 1. The van der Waals surface area contributed by atoms with Gasteiger partial charge in [0.15, 0.2) is 0 Å². The SMILES string of the molecule is COc1ccc2ncc(NC(=O)c3c(C)ccn(C(C)CN(C)C)c3=O)cc2c1. The van der Waals surface area contributed by atoms with E-state index in [1.165, 1.54) is 0 Å². The molecule has 1 aromatic carbocycles. The first-order valence-electron chi connectivity index (χ1n) is 9.41. The molecule has 0 radical (unpaired) electrons. The number of fused-ring (bicyclic) bond motifs is 1. The number of likely N-dealkylation sites (N-methyl/N-ethyl adjacent to an activating group) is 1. The fourth-order valence-electron chi connectivity index (χ4n) is 3.38. The van der Waals surface area contributed by atoms with Gasteiger partial charge >= 0.3 is 0 Å². The van der Waals surface area contributed by atoms with Gasteiger partial charge in [-0.15, -0.1) is 0 Å². The highest BCUT2D eigenvalue weighted by Crippen LogP contribution is 2.22. The van der Waals surface area contributed by atoms with Crippen LogP contribution in [0.3, 0.4) is 0 Å². The Morgan fingerprint density at radius 2 is 2.03 bits per heavy atom. The van der Waals surface area contributed by atoms with Gasteiger partial charge in [0.05, 0.1) is 24.5 Å². The van der Waals surface area contributed by atoms with Gasteiger partial charge in [0.25, 0.3) is 11.5 Å². The Bertz CT molecular complexity index is 1100. The molecule has 0 aliphatic rings. The molecule has 1 amide bonds. The van der Waals surface area contributed by atoms with E-state index in [9.17, 15) is 9.59 Å². The van der Waals surface area contributed by atoms with Crippen LogP contribution in [0.15, 0.2) is 47.5 Å². The molecular formula is C22H26N4O3. The van der Waals surface area contributed by atoms with E-state index in [0.29, 0.717) is 23.5 Å². The van der Waals surface area contributed by atoms with Crippen molar-refractivity contribution in [2.45, 2.75) is 19.9 Å². The fraction of sp³-hybridized carbons (Fsp3) is 0.318. The van der Waals surface area contributed by atoms with Crippen LogP contribution >= 0.6 is 0 Å². The molecule has 3 aromatic rings. The predicted molar refractivity (Wildman–Crippen MR) is 115 cm³/mol. The van der Waals surface area contributed by atoms with Crippen LogP contribution in [0.5, 0.6) is 5.75 Å². The second-order valence-corrected chi connectivity index (χ2v) is 7.43. The van der Waals surface area contributed by atoms with Crippen molar-refractivity contribution in [1.29, 1.82) is 0 Å². The van der Waals surface area contributed by atoms with Gasteiger partial charge in [0.1, 0.15) is 11.3 Å². The summed E-state index contributed by atoms with van der Waals surface area (Å²) in [4.78, 5) is 32.3. The number of ether oxygens (including phenoxy) is 1. The van der Waals surface area contributed by atoms with Crippen LogP contribution < -0.4 is 15.6 Å². The van der Waals surface area contributed by atoms with Crippen LogP contribution in [0.4, 0.5) is 5.69 Å². The monoisotopic (exact) mass is 394 g/mol.